The summed E-state index contributed by atoms with van der Waals surface area (Å²) < 4.78 is 5.18. The summed E-state index contributed by atoms with van der Waals surface area (Å²) in [5, 5.41) is 22.0. The number of benzene rings is 3. The highest BCUT2D eigenvalue weighted by Crippen LogP contribution is 2.40. The first-order valence-electron chi connectivity index (χ1n) is 8.36. The molecule has 130 valence electrons. The van der Waals surface area contributed by atoms with E-state index in [1.165, 1.54) is 10.9 Å². The van der Waals surface area contributed by atoms with Gasteiger partial charge in [-0.05, 0) is 41.3 Å². The predicted octanol–water partition coefficient (Wildman–Crippen LogP) is 4.91. The molecular formula is C22H18O4. The molecule has 0 radical (unpaired) electrons. The fourth-order valence-corrected chi connectivity index (χ4v) is 3.47. The second-order valence-electron chi connectivity index (χ2n) is 6.73. The summed E-state index contributed by atoms with van der Waals surface area (Å²) in [6.45, 7) is 3.62. The summed E-state index contributed by atoms with van der Waals surface area (Å²) >= 11 is 0. The number of hydrogen-bond acceptors (Lipinski definition) is 4. The predicted molar refractivity (Wildman–Crippen MR) is 99.8 cm³/mol. The van der Waals surface area contributed by atoms with Crippen LogP contribution in [0.1, 0.15) is 18.1 Å². The zero-order valence-corrected chi connectivity index (χ0v) is 14.5. The minimum Gasteiger partial charge on any atom is -0.505 e. The number of esters is 1. The van der Waals surface area contributed by atoms with Crippen molar-refractivity contribution in [3.63, 3.8) is 0 Å². The molecule has 1 aliphatic heterocycles. The fourth-order valence-electron chi connectivity index (χ4n) is 3.47. The van der Waals surface area contributed by atoms with Crippen LogP contribution in [0.5, 0.6) is 0 Å². The van der Waals surface area contributed by atoms with Crippen molar-refractivity contribution in [1.29, 1.82) is 0 Å². The Bertz CT molecular complexity index is 1060. The highest BCUT2D eigenvalue weighted by atomic mass is 16.6. The Hall–Kier alpha value is -3.27. The van der Waals surface area contributed by atoms with Gasteiger partial charge in [0, 0.05) is 5.56 Å². The maximum Gasteiger partial charge on any atom is 0.378 e. The molecule has 4 heteroatoms. The summed E-state index contributed by atoms with van der Waals surface area (Å²) in [5.74, 6) is -2.11. The Kier molecular flexibility index (Phi) is 3.51. The van der Waals surface area contributed by atoms with Crippen molar-refractivity contribution in [3.05, 3.63) is 83.3 Å². The van der Waals surface area contributed by atoms with Gasteiger partial charge >= 0.3 is 5.97 Å². The van der Waals surface area contributed by atoms with Crippen LogP contribution in [0.4, 0.5) is 0 Å². The van der Waals surface area contributed by atoms with E-state index < -0.39 is 23.1 Å². The molecule has 0 aliphatic carbocycles. The Morgan fingerprint density at radius 2 is 1.65 bits per heavy atom. The average Bonchev–Trinajstić information content (AvgIpc) is 2.85. The van der Waals surface area contributed by atoms with Crippen LogP contribution in [0.15, 0.2) is 72.2 Å². The first-order valence-corrected chi connectivity index (χ1v) is 8.36. The van der Waals surface area contributed by atoms with Gasteiger partial charge < -0.3 is 14.9 Å². The molecule has 3 aromatic carbocycles. The number of aliphatic hydroxyl groups is 2. The van der Waals surface area contributed by atoms with E-state index in [9.17, 15) is 15.0 Å². The molecule has 1 heterocycles. The minimum absolute atomic E-state index is 0.462. The zero-order chi connectivity index (χ0) is 18.5. The van der Waals surface area contributed by atoms with Crippen molar-refractivity contribution in [1.82, 2.24) is 0 Å². The first kappa shape index (κ1) is 16.2. The van der Waals surface area contributed by atoms with Crippen molar-refractivity contribution in [2.75, 3.05) is 0 Å². The third kappa shape index (κ3) is 2.34. The number of rotatable bonds is 2. The molecule has 2 N–H and O–H groups in total. The van der Waals surface area contributed by atoms with Crippen molar-refractivity contribution < 1.29 is 19.7 Å². The van der Waals surface area contributed by atoms with E-state index in [0.717, 1.165) is 16.5 Å². The molecule has 0 saturated heterocycles. The van der Waals surface area contributed by atoms with Crippen LogP contribution < -0.4 is 0 Å². The van der Waals surface area contributed by atoms with Crippen molar-refractivity contribution in [3.8, 4) is 11.1 Å². The lowest BCUT2D eigenvalue weighted by atomic mass is 9.90. The largest absolute Gasteiger partial charge is 0.505 e. The number of fused-ring (bicyclic) bond motifs is 1. The summed E-state index contributed by atoms with van der Waals surface area (Å²) in [7, 11) is 0. The normalized spacial score (nSPS) is 19.8. The number of carbonyl (C=O) groups is 1. The lowest BCUT2D eigenvalue weighted by Gasteiger charge is -2.23. The lowest BCUT2D eigenvalue weighted by molar-refractivity contribution is -0.149. The molecule has 0 fully saturated rings. The monoisotopic (exact) mass is 346 g/mol. The van der Waals surface area contributed by atoms with Gasteiger partial charge in [-0.2, -0.15) is 0 Å². The summed E-state index contributed by atoms with van der Waals surface area (Å²) in [6, 6.07) is 20.0. The van der Waals surface area contributed by atoms with Gasteiger partial charge in [-0.3, -0.25) is 0 Å². The average molecular weight is 346 g/mol. The third-order valence-corrected chi connectivity index (χ3v) is 4.92. The van der Waals surface area contributed by atoms with E-state index in [1.807, 2.05) is 24.3 Å². The van der Waals surface area contributed by atoms with Crippen LogP contribution >= 0.6 is 0 Å². The molecule has 0 spiro atoms. The Balaban J connectivity index is 1.80. The topological polar surface area (TPSA) is 66.8 Å². The second kappa shape index (κ2) is 5.63. The first-order chi connectivity index (χ1) is 12.4. The highest BCUT2D eigenvalue weighted by molar-refractivity contribution is 5.97. The van der Waals surface area contributed by atoms with Crippen molar-refractivity contribution >= 4 is 16.7 Å². The van der Waals surface area contributed by atoms with Gasteiger partial charge in [0.2, 0.25) is 5.76 Å². The van der Waals surface area contributed by atoms with Gasteiger partial charge in [0.1, 0.15) is 0 Å². The van der Waals surface area contributed by atoms with Crippen molar-refractivity contribution in [2.24, 2.45) is 0 Å². The second-order valence-corrected chi connectivity index (χ2v) is 6.73. The molecule has 1 aliphatic rings. The van der Waals surface area contributed by atoms with E-state index in [1.54, 1.807) is 19.1 Å². The number of carbonyl (C=O) groups excluding carboxylic acids is 1. The third-order valence-electron chi connectivity index (χ3n) is 4.92. The molecule has 0 bridgehead atoms. The molecule has 3 aromatic rings. The molecule has 4 rings (SSSR count). The van der Waals surface area contributed by atoms with E-state index in [0.29, 0.717) is 5.56 Å². The van der Waals surface area contributed by atoms with Crippen LogP contribution in [0.25, 0.3) is 21.9 Å². The van der Waals surface area contributed by atoms with Gasteiger partial charge in [0.15, 0.2) is 11.4 Å². The van der Waals surface area contributed by atoms with Crippen LogP contribution in [0.2, 0.25) is 0 Å². The highest BCUT2D eigenvalue weighted by Gasteiger charge is 2.46. The minimum atomic E-state index is -1.37. The maximum atomic E-state index is 11.6. The quantitative estimate of drug-likeness (QED) is 0.647. The van der Waals surface area contributed by atoms with E-state index in [2.05, 4.69) is 31.2 Å². The Morgan fingerprint density at radius 3 is 2.31 bits per heavy atom. The molecule has 1 atom stereocenters. The van der Waals surface area contributed by atoms with Gasteiger partial charge in [0.05, 0.1) is 0 Å². The number of hydrogen-bond donors (Lipinski definition) is 2. The molecule has 0 saturated carbocycles. The zero-order valence-electron chi connectivity index (χ0n) is 14.5. The Labute approximate surface area is 151 Å². The fraction of sp³-hybridized carbons (Fsp3) is 0.136. The van der Waals surface area contributed by atoms with Crippen molar-refractivity contribution in [2.45, 2.75) is 19.4 Å². The van der Waals surface area contributed by atoms with Crippen LogP contribution in [-0.2, 0) is 15.1 Å². The van der Waals surface area contributed by atoms with Crippen LogP contribution in [0.3, 0.4) is 0 Å². The van der Waals surface area contributed by atoms with Gasteiger partial charge in [-0.25, -0.2) is 4.79 Å². The smallest absolute Gasteiger partial charge is 0.378 e. The number of aliphatic hydroxyl groups excluding tert-OH is 2. The number of aryl methyl sites for hydroxylation is 1. The van der Waals surface area contributed by atoms with E-state index in [-0.39, 0.29) is 0 Å². The molecule has 0 aromatic heterocycles. The summed E-state index contributed by atoms with van der Waals surface area (Å²) in [4.78, 5) is 11.6. The van der Waals surface area contributed by atoms with Gasteiger partial charge in [-0.15, -0.1) is 0 Å². The maximum absolute atomic E-state index is 11.6. The van der Waals surface area contributed by atoms with Crippen LogP contribution in [0, 0.1) is 6.92 Å². The Morgan fingerprint density at radius 1 is 0.962 bits per heavy atom. The SMILES string of the molecule is Cc1cc(-c2ccc(C3(C)OC(=O)C(O)=C3O)cc2)c2ccccc2c1. The molecule has 1 unspecified atom stereocenters. The molecule has 26 heavy (non-hydrogen) atoms. The summed E-state index contributed by atoms with van der Waals surface area (Å²) in [6.07, 6.45) is 0. The van der Waals surface area contributed by atoms with E-state index in [4.69, 9.17) is 4.74 Å². The van der Waals surface area contributed by atoms with E-state index >= 15 is 0 Å². The van der Waals surface area contributed by atoms with Gasteiger partial charge in [-0.1, -0.05) is 60.7 Å². The van der Waals surface area contributed by atoms with Crippen LogP contribution in [-0.4, -0.2) is 16.2 Å². The lowest BCUT2D eigenvalue weighted by Crippen LogP contribution is -2.25. The molecular weight excluding hydrogens is 328 g/mol. The van der Waals surface area contributed by atoms with Gasteiger partial charge in [0.25, 0.3) is 0 Å². The number of cyclic esters (lactones) is 1. The standard InChI is InChI=1S/C22H18O4/c1-13-11-15-5-3-4-6-17(15)18(12-13)14-7-9-16(10-8-14)22(2)20(24)19(23)21(25)26-22/h3-12,23-24H,1-2H3. The summed E-state index contributed by atoms with van der Waals surface area (Å²) in [5.41, 5.74) is 2.53. The number of ether oxygens (including phenoxy) is 1. The molecule has 4 nitrogen and oxygen atoms in total. The molecule has 0 amide bonds.